The van der Waals surface area contributed by atoms with Crippen LogP contribution >= 0.6 is 0 Å². The van der Waals surface area contributed by atoms with Crippen LogP contribution in [0.15, 0.2) is 60.9 Å². The van der Waals surface area contributed by atoms with Crippen molar-refractivity contribution in [2.75, 3.05) is 5.32 Å². The SMILES string of the molecule is CC(C)(C)c1ccc(Nc2cccc3cnccc23)cc1. The molecule has 0 aliphatic carbocycles. The Morgan fingerprint density at radius 1 is 0.905 bits per heavy atom. The molecule has 0 bridgehead atoms. The summed E-state index contributed by atoms with van der Waals surface area (Å²) in [4.78, 5) is 4.17. The van der Waals surface area contributed by atoms with Gasteiger partial charge in [0.1, 0.15) is 0 Å². The largest absolute Gasteiger partial charge is 0.355 e. The number of hydrogen-bond donors (Lipinski definition) is 1. The van der Waals surface area contributed by atoms with Gasteiger partial charge in [0.2, 0.25) is 0 Å². The van der Waals surface area contributed by atoms with Crippen molar-refractivity contribution in [3.8, 4) is 0 Å². The monoisotopic (exact) mass is 276 g/mol. The summed E-state index contributed by atoms with van der Waals surface area (Å²) >= 11 is 0. The van der Waals surface area contributed by atoms with E-state index in [4.69, 9.17) is 0 Å². The van der Waals surface area contributed by atoms with E-state index in [9.17, 15) is 0 Å². The lowest BCUT2D eigenvalue weighted by atomic mass is 9.87. The molecule has 0 radical (unpaired) electrons. The highest BCUT2D eigenvalue weighted by molar-refractivity contribution is 5.94. The second kappa shape index (κ2) is 5.21. The number of nitrogens with one attached hydrogen (secondary N) is 1. The van der Waals surface area contributed by atoms with Crippen LogP contribution in [-0.4, -0.2) is 4.98 Å². The van der Waals surface area contributed by atoms with Gasteiger partial charge < -0.3 is 5.32 Å². The van der Waals surface area contributed by atoms with Gasteiger partial charge in [-0.15, -0.1) is 0 Å². The molecule has 3 aromatic rings. The van der Waals surface area contributed by atoms with Gasteiger partial charge in [-0.25, -0.2) is 0 Å². The van der Waals surface area contributed by atoms with Crippen molar-refractivity contribution in [3.05, 3.63) is 66.5 Å². The van der Waals surface area contributed by atoms with E-state index in [-0.39, 0.29) is 5.41 Å². The van der Waals surface area contributed by atoms with Gasteiger partial charge in [-0.05, 0) is 35.2 Å². The second-order valence-electron chi connectivity index (χ2n) is 6.35. The number of fused-ring (bicyclic) bond motifs is 1. The maximum atomic E-state index is 4.17. The quantitative estimate of drug-likeness (QED) is 0.689. The lowest BCUT2D eigenvalue weighted by Gasteiger charge is -2.19. The molecule has 2 heteroatoms. The third-order valence-corrected chi connectivity index (χ3v) is 3.71. The highest BCUT2D eigenvalue weighted by Gasteiger charge is 2.12. The Bertz CT molecular complexity index is 747. The third kappa shape index (κ3) is 2.89. The predicted octanol–water partition coefficient (Wildman–Crippen LogP) is 5.28. The standard InChI is InChI=1S/C19H20N2/c1-19(2,3)15-7-9-16(10-8-15)21-18-6-4-5-14-13-20-12-11-17(14)18/h4-13,21H,1-3H3. The minimum absolute atomic E-state index is 0.184. The molecule has 0 saturated heterocycles. The first-order chi connectivity index (χ1) is 10.0. The van der Waals surface area contributed by atoms with Crippen molar-refractivity contribution < 1.29 is 0 Å². The topological polar surface area (TPSA) is 24.9 Å². The molecule has 0 aliphatic rings. The molecule has 21 heavy (non-hydrogen) atoms. The number of nitrogens with zero attached hydrogens (tertiary/aromatic N) is 1. The predicted molar refractivity (Wildman–Crippen MR) is 90.2 cm³/mol. The minimum Gasteiger partial charge on any atom is -0.355 e. The fraction of sp³-hybridized carbons (Fsp3) is 0.211. The van der Waals surface area contributed by atoms with E-state index in [1.54, 1.807) is 0 Å². The van der Waals surface area contributed by atoms with Gasteiger partial charge >= 0.3 is 0 Å². The van der Waals surface area contributed by atoms with Gasteiger partial charge in [0.05, 0.1) is 0 Å². The number of pyridine rings is 1. The van der Waals surface area contributed by atoms with E-state index in [0.29, 0.717) is 0 Å². The van der Waals surface area contributed by atoms with Crippen molar-refractivity contribution in [3.63, 3.8) is 0 Å². The van der Waals surface area contributed by atoms with Crippen LogP contribution in [0.3, 0.4) is 0 Å². The Morgan fingerprint density at radius 2 is 1.67 bits per heavy atom. The third-order valence-electron chi connectivity index (χ3n) is 3.71. The van der Waals surface area contributed by atoms with Crippen LogP contribution in [0.5, 0.6) is 0 Å². The molecule has 2 nitrogen and oxygen atoms in total. The molecule has 0 saturated carbocycles. The first-order valence-corrected chi connectivity index (χ1v) is 7.24. The highest BCUT2D eigenvalue weighted by atomic mass is 14.9. The molecule has 3 rings (SSSR count). The molecular formula is C19H20N2. The zero-order chi connectivity index (χ0) is 14.9. The summed E-state index contributed by atoms with van der Waals surface area (Å²) in [6.45, 7) is 6.69. The van der Waals surface area contributed by atoms with E-state index < -0.39 is 0 Å². The number of anilines is 2. The molecule has 0 fully saturated rings. The van der Waals surface area contributed by atoms with E-state index >= 15 is 0 Å². The van der Waals surface area contributed by atoms with E-state index in [2.05, 4.69) is 73.5 Å². The number of hydrogen-bond acceptors (Lipinski definition) is 2. The zero-order valence-corrected chi connectivity index (χ0v) is 12.7. The lowest BCUT2D eigenvalue weighted by molar-refractivity contribution is 0.590. The van der Waals surface area contributed by atoms with Crippen molar-refractivity contribution in [2.24, 2.45) is 0 Å². The van der Waals surface area contributed by atoms with E-state index in [1.807, 2.05) is 18.5 Å². The summed E-state index contributed by atoms with van der Waals surface area (Å²) in [6.07, 6.45) is 3.72. The number of benzene rings is 2. The molecule has 1 N–H and O–H groups in total. The summed E-state index contributed by atoms with van der Waals surface area (Å²) in [6, 6.07) is 16.9. The fourth-order valence-electron chi connectivity index (χ4n) is 2.44. The molecule has 0 atom stereocenters. The van der Waals surface area contributed by atoms with Gasteiger partial charge in [0.25, 0.3) is 0 Å². The molecule has 0 amide bonds. The van der Waals surface area contributed by atoms with Gasteiger partial charge in [-0.2, -0.15) is 0 Å². The summed E-state index contributed by atoms with van der Waals surface area (Å²) in [5.74, 6) is 0. The van der Waals surface area contributed by atoms with Crippen LogP contribution in [0, 0.1) is 0 Å². The molecule has 1 heterocycles. The zero-order valence-electron chi connectivity index (χ0n) is 12.7. The molecule has 0 aliphatic heterocycles. The normalized spacial score (nSPS) is 11.6. The van der Waals surface area contributed by atoms with Gasteiger partial charge in [0.15, 0.2) is 0 Å². The Labute approximate surface area is 125 Å². The van der Waals surface area contributed by atoms with Crippen molar-refractivity contribution in [1.82, 2.24) is 4.98 Å². The van der Waals surface area contributed by atoms with Crippen LogP contribution in [0.25, 0.3) is 10.8 Å². The summed E-state index contributed by atoms with van der Waals surface area (Å²) < 4.78 is 0. The minimum atomic E-state index is 0.184. The van der Waals surface area contributed by atoms with Crippen molar-refractivity contribution in [1.29, 1.82) is 0 Å². The Hall–Kier alpha value is -2.35. The Morgan fingerprint density at radius 3 is 2.38 bits per heavy atom. The van der Waals surface area contributed by atoms with E-state index in [0.717, 1.165) is 16.8 Å². The highest BCUT2D eigenvalue weighted by Crippen LogP contribution is 2.28. The fourth-order valence-corrected chi connectivity index (χ4v) is 2.44. The molecule has 2 aromatic carbocycles. The van der Waals surface area contributed by atoms with Gasteiger partial charge in [-0.1, -0.05) is 45.0 Å². The van der Waals surface area contributed by atoms with Crippen LogP contribution in [0.1, 0.15) is 26.3 Å². The molecular weight excluding hydrogens is 256 g/mol. The van der Waals surface area contributed by atoms with Crippen LogP contribution < -0.4 is 5.32 Å². The van der Waals surface area contributed by atoms with Gasteiger partial charge in [-0.3, -0.25) is 4.98 Å². The lowest BCUT2D eigenvalue weighted by Crippen LogP contribution is -2.10. The summed E-state index contributed by atoms with van der Waals surface area (Å²) in [7, 11) is 0. The molecule has 1 aromatic heterocycles. The van der Waals surface area contributed by atoms with Crippen LogP contribution in [-0.2, 0) is 5.41 Å². The summed E-state index contributed by atoms with van der Waals surface area (Å²) in [5.41, 5.74) is 3.74. The smallest absolute Gasteiger partial charge is 0.0465 e. The Balaban J connectivity index is 1.92. The molecule has 0 unspecified atom stereocenters. The number of aromatic nitrogens is 1. The molecule has 0 spiro atoms. The molecule has 106 valence electrons. The van der Waals surface area contributed by atoms with Crippen LogP contribution in [0.2, 0.25) is 0 Å². The Kier molecular flexibility index (Phi) is 3.38. The maximum absolute atomic E-state index is 4.17. The summed E-state index contributed by atoms with van der Waals surface area (Å²) in [5, 5.41) is 5.83. The van der Waals surface area contributed by atoms with Crippen molar-refractivity contribution in [2.45, 2.75) is 26.2 Å². The average molecular weight is 276 g/mol. The second-order valence-corrected chi connectivity index (χ2v) is 6.35. The van der Waals surface area contributed by atoms with Gasteiger partial charge in [0, 0.05) is 34.5 Å². The number of rotatable bonds is 2. The van der Waals surface area contributed by atoms with Crippen molar-refractivity contribution >= 4 is 22.1 Å². The van der Waals surface area contributed by atoms with Crippen LogP contribution in [0.4, 0.5) is 11.4 Å². The van der Waals surface area contributed by atoms with E-state index in [1.165, 1.54) is 10.9 Å². The average Bonchev–Trinajstić information content (AvgIpc) is 2.47. The first kappa shape index (κ1) is 13.6. The first-order valence-electron chi connectivity index (χ1n) is 7.24. The maximum Gasteiger partial charge on any atom is 0.0465 e.